The lowest BCUT2D eigenvalue weighted by atomic mass is 10.1. The van der Waals surface area contributed by atoms with Crippen LogP contribution in [-0.4, -0.2) is 61.6 Å². The van der Waals surface area contributed by atoms with Crippen molar-refractivity contribution in [2.45, 2.75) is 19.3 Å². The first-order chi connectivity index (χ1) is 17.6. The molecule has 3 heterocycles. The third-order valence-electron chi connectivity index (χ3n) is 6.96. The van der Waals surface area contributed by atoms with Gasteiger partial charge in [0.15, 0.2) is 5.76 Å². The van der Waals surface area contributed by atoms with Crippen LogP contribution in [0.3, 0.4) is 0 Å². The van der Waals surface area contributed by atoms with Crippen molar-refractivity contribution in [3.63, 3.8) is 0 Å². The van der Waals surface area contributed by atoms with E-state index < -0.39 is 0 Å². The van der Waals surface area contributed by atoms with E-state index in [1.54, 1.807) is 6.07 Å². The largest absolute Gasteiger partial charge is 0.451 e. The summed E-state index contributed by atoms with van der Waals surface area (Å²) in [4.78, 5) is 20.4. The van der Waals surface area contributed by atoms with Crippen molar-refractivity contribution in [2.75, 3.05) is 50.7 Å². The number of H-pyrrole nitrogens is 1. The van der Waals surface area contributed by atoms with Gasteiger partial charge in [0.05, 0.1) is 11.6 Å². The number of piperazine rings is 1. The molecule has 1 fully saturated rings. The molecule has 2 aromatic carbocycles. The number of carbonyl (C=O) groups excluding carboxylic acids is 1. The number of aromatic nitrogens is 1. The molecule has 8 heteroatoms. The monoisotopic (exact) mass is 484 g/mol. The van der Waals surface area contributed by atoms with Gasteiger partial charge in [-0.05, 0) is 73.8 Å². The summed E-state index contributed by atoms with van der Waals surface area (Å²) in [5.74, 6) is 0.0852. The molecule has 0 bridgehead atoms. The van der Waals surface area contributed by atoms with Crippen LogP contribution in [-0.2, 0) is 6.42 Å². The molecule has 1 saturated heterocycles. The number of nitrogens with zero attached hydrogens (tertiary/aromatic N) is 3. The summed E-state index contributed by atoms with van der Waals surface area (Å²) in [5.41, 5.74) is 10.4. The second-order valence-corrected chi connectivity index (χ2v) is 9.35. The highest BCUT2D eigenvalue weighted by Gasteiger charge is 2.18. The van der Waals surface area contributed by atoms with Crippen molar-refractivity contribution >= 4 is 33.5 Å². The van der Waals surface area contributed by atoms with Gasteiger partial charge in [-0.3, -0.25) is 9.69 Å². The fraction of sp³-hybridized carbons (Fsp3) is 0.357. The SMILES string of the molecule is N#Cc1ccc2[nH]cc(CCCCN3CCN(c4ccc5oc(C(=O)NCCN)cc5c4)CC3)c2c1. The number of nitrogens with one attached hydrogen (secondary N) is 2. The Balaban J connectivity index is 1.10. The van der Waals surface area contributed by atoms with Crippen LogP contribution in [0.5, 0.6) is 0 Å². The zero-order chi connectivity index (χ0) is 24.9. The Hall–Kier alpha value is -3.80. The third kappa shape index (κ3) is 5.23. The number of aryl methyl sites for hydroxylation is 1. The summed E-state index contributed by atoms with van der Waals surface area (Å²) in [6.45, 7) is 5.96. The minimum atomic E-state index is -0.233. The van der Waals surface area contributed by atoms with E-state index in [1.165, 1.54) is 10.9 Å². The molecule has 1 amide bonds. The number of anilines is 1. The van der Waals surface area contributed by atoms with Crippen molar-refractivity contribution < 1.29 is 9.21 Å². The molecule has 0 radical (unpaired) electrons. The highest BCUT2D eigenvalue weighted by molar-refractivity contribution is 5.96. The van der Waals surface area contributed by atoms with Gasteiger partial charge in [0.25, 0.3) is 5.91 Å². The summed E-state index contributed by atoms with van der Waals surface area (Å²) in [7, 11) is 0. The molecule has 1 aliphatic rings. The Morgan fingerprint density at radius 3 is 2.78 bits per heavy atom. The quantitative estimate of drug-likeness (QED) is 0.313. The van der Waals surface area contributed by atoms with Crippen LogP contribution in [0.1, 0.15) is 34.5 Å². The molecule has 0 atom stereocenters. The van der Waals surface area contributed by atoms with Gasteiger partial charge in [0, 0.05) is 67.4 Å². The third-order valence-corrected chi connectivity index (χ3v) is 6.96. The molecule has 36 heavy (non-hydrogen) atoms. The highest BCUT2D eigenvalue weighted by Crippen LogP contribution is 2.26. The lowest BCUT2D eigenvalue weighted by molar-refractivity contribution is 0.0929. The van der Waals surface area contributed by atoms with Crippen LogP contribution in [0.2, 0.25) is 0 Å². The number of rotatable bonds is 9. The van der Waals surface area contributed by atoms with Crippen LogP contribution < -0.4 is 16.0 Å². The van der Waals surface area contributed by atoms with E-state index in [9.17, 15) is 10.1 Å². The lowest BCUT2D eigenvalue weighted by Gasteiger charge is -2.36. The van der Waals surface area contributed by atoms with Gasteiger partial charge in [0.1, 0.15) is 5.58 Å². The number of fused-ring (bicyclic) bond motifs is 2. The van der Waals surface area contributed by atoms with E-state index in [2.05, 4.69) is 44.5 Å². The molecule has 2 aromatic heterocycles. The number of aromatic amines is 1. The zero-order valence-corrected chi connectivity index (χ0v) is 20.4. The number of furan rings is 1. The maximum absolute atomic E-state index is 12.2. The first-order valence-corrected chi connectivity index (χ1v) is 12.6. The molecule has 5 rings (SSSR count). The van der Waals surface area contributed by atoms with Crippen LogP contribution in [0, 0.1) is 11.3 Å². The van der Waals surface area contributed by atoms with Gasteiger partial charge in [-0.2, -0.15) is 5.26 Å². The molecular weight excluding hydrogens is 452 g/mol. The smallest absolute Gasteiger partial charge is 0.287 e. The molecule has 186 valence electrons. The topological polar surface area (TPSA) is 114 Å². The predicted molar refractivity (Wildman–Crippen MR) is 142 cm³/mol. The van der Waals surface area contributed by atoms with E-state index in [1.807, 2.05) is 24.3 Å². The number of hydrogen-bond donors (Lipinski definition) is 3. The van der Waals surface area contributed by atoms with Gasteiger partial charge < -0.3 is 25.4 Å². The number of nitriles is 1. The van der Waals surface area contributed by atoms with Crippen LogP contribution in [0.25, 0.3) is 21.9 Å². The summed E-state index contributed by atoms with van der Waals surface area (Å²) >= 11 is 0. The molecule has 0 spiro atoms. The number of carbonyl (C=O) groups is 1. The average molecular weight is 485 g/mol. The molecule has 0 saturated carbocycles. The van der Waals surface area contributed by atoms with Crippen LogP contribution in [0.15, 0.2) is 53.1 Å². The number of hydrogen-bond acceptors (Lipinski definition) is 6. The number of nitrogens with two attached hydrogens (primary N) is 1. The molecular formula is C28H32N6O2. The van der Waals surface area contributed by atoms with Crippen molar-refractivity contribution in [2.24, 2.45) is 5.73 Å². The number of benzene rings is 2. The van der Waals surface area contributed by atoms with E-state index in [-0.39, 0.29) is 5.91 Å². The van der Waals surface area contributed by atoms with E-state index >= 15 is 0 Å². The van der Waals surface area contributed by atoms with Gasteiger partial charge in [-0.1, -0.05) is 0 Å². The van der Waals surface area contributed by atoms with Gasteiger partial charge in [0.2, 0.25) is 0 Å². The van der Waals surface area contributed by atoms with Crippen molar-refractivity contribution in [1.82, 2.24) is 15.2 Å². The maximum atomic E-state index is 12.2. The van der Waals surface area contributed by atoms with Crippen molar-refractivity contribution in [1.29, 1.82) is 5.26 Å². The predicted octanol–water partition coefficient (Wildman–Crippen LogP) is 3.62. The fourth-order valence-electron chi connectivity index (χ4n) is 4.95. The summed E-state index contributed by atoms with van der Waals surface area (Å²) in [5, 5.41) is 14.0. The van der Waals surface area contributed by atoms with Gasteiger partial charge >= 0.3 is 0 Å². The van der Waals surface area contributed by atoms with Crippen molar-refractivity contribution in [3.05, 3.63) is 65.5 Å². The molecule has 8 nitrogen and oxygen atoms in total. The van der Waals surface area contributed by atoms with E-state index in [4.69, 9.17) is 10.2 Å². The van der Waals surface area contributed by atoms with Gasteiger partial charge in [-0.25, -0.2) is 0 Å². The van der Waals surface area contributed by atoms with Crippen LogP contribution >= 0.6 is 0 Å². The summed E-state index contributed by atoms with van der Waals surface area (Å²) < 4.78 is 5.71. The number of unbranched alkanes of at least 4 members (excludes halogenated alkanes) is 1. The Morgan fingerprint density at radius 2 is 1.97 bits per heavy atom. The first-order valence-electron chi connectivity index (χ1n) is 12.6. The highest BCUT2D eigenvalue weighted by atomic mass is 16.3. The fourth-order valence-corrected chi connectivity index (χ4v) is 4.95. The molecule has 4 aromatic rings. The zero-order valence-electron chi connectivity index (χ0n) is 20.4. The Labute approximate surface area is 210 Å². The summed E-state index contributed by atoms with van der Waals surface area (Å²) in [6, 6.07) is 16.0. The number of amides is 1. The first kappa shape index (κ1) is 23.9. The minimum Gasteiger partial charge on any atom is -0.451 e. The van der Waals surface area contributed by atoms with E-state index in [0.717, 1.165) is 68.6 Å². The minimum absolute atomic E-state index is 0.233. The molecule has 0 aliphatic carbocycles. The Kier molecular flexibility index (Phi) is 7.21. The molecule has 0 unspecified atom stereocenters. The summed E-state index contributed by atoms with van der Waals surface area (Å²) in [6.07, 6.45) is 5.38. The molecule has 1 aliphatic heterocycles. The molecule has 4 N–H and O–H groups in total. The lowest BCUT2D eigenvalue weighted by Crippen LogP contribution is -2.46. The maximum Gasteiger partial charge on any atom is 0.287 e. The second-order valence-electron chi connectivity index (χ2n) is 9.35. The second kappa shape index (κ2) is 10.9. The van der Waals surface area contributed by atoms with Gasteiger partial charge in [-0.15, -0.1) is 0 Å². The van der Waals surface area contributed by atoms with Crippen LogP contribution in [0.4, 0.5) is 5.69 Å². The van der Waals surface area contributed by atoms with Crippen molar-refractivity contribution in [3.8, 4) is 6.07 Å². The van der Waals surface area contributed by atoms with E-state index in [0.29, 0.717) is 30.0 Å². The Morgan fingerprint density at radius 1 is 1.11 bits per heavy atom. The normalized spacial score (nSPS) is 14.4. The average Bonchev–Trinajstić information content (AvgIpc) is 3.53. The Bertz CT molecular complexity index is 1390. The standard InChI is InChI=1S/C28H32N6O2/c29-8-9-31-28(35)27-17-22-16-23(5-7-26(22)36-27)34-13-11-33(12-14-34)10-2-1-3-21-19-32-25-6-4-20(18-30)15-24(21)25/h4-7,15-17,19,32H,1-3,8-14,29H2,(H,31,35).